The summed E-state index contributed by atoms with van der Waals surface area (Å²) in [5.74, 6) is 0. The van der Waals surface area contributed by atoms with Crippen LogP contribution in [0.5, 0.6) is 0 Å². The third-order valence-electron chi connectivity index (χ3n) is 2.78. The maximum Gasteiger partial charge on any atom is 0.0945 e. The van der Waals surface area contributed by atoms with Gasteiger partial charge in [-0.05, 0) is 47.2 Å². The second-order valence-corrected chi connectivity index (χ2v) is 6.30. The Morgan fingerprint density at radius 1 is 1.29 bits per heavy atom. The zero-order valence-corrected chi connectivity index (χ0v) is 15.2. The minimum Gasteiger partial charge on any atom is -0.389 e. The van der Waals surface area contributed by atoms with E-state index >= 15 is 0 Å². The first-order valence-corrected chi connectivity index (χ1v) is 8.61. The summed E-state index contributed by atoms with van der Waals surface area (Å²) in [6, 6.07) is 5.60. The van der Waals surface area contributed by atoms with Crippen LogP contribution < -0.4 is 5.32 Å². The second kappa shape index (κ2) is 11.5. The van der Waals surface area contributed by atoms with Crippen LogP contribution in [0.3, 0.4) is 0 Å². The molecule has 21 heavy (non-hydrogen) atoms. The van der Waals surface area contributed by atoms with Crippen LogP contribution in [0.25, 0.3) is 0 Å². The molecule has 1 aromatic carbocycles. The van der Waals surface area contributed by atoms with Crippen LogP contribution in [0, 0.1) is 3.57 Å². The average molecular weight is 428 g/mol. The van der Waals surface area contributed by atoms with Gasteiger partial charge in [0, 0.05) is 27.4 Å². The molecule has 6 heteroatoms. The molecule has 0 bridgehead atoms. The van der Waals surface area contributed by atoms with Crippen molar-refractivity contribution in [2.24, 2.45) is 0 Å². The molecule has 1 atom stereocenters. The van der Waals surface area contributed by atoms with Gasteiger partial charge < -0.3 is 19.9 Å². The van der Waals surface area contributed by atoms with Crippen LogP contribution in [0.4, 0.5) is 5.69 Å². The SMILES string of the molecule is CCCCOCCOCC(O)CNc1ccc(Cl)cc1I. The van der Waals surface area contributed by atoms with Gasteiger partial charge >= 0.3 is 0 Å². The number of rotatable bonds is 11. The van der Waals surface area contributed by atoms with Crippen molar-refractivity contribution in [3.05, 3.63) is 26.8 Å². The summed E-state index contributed by atoms with van der Waals surface area (Å²) < 4.78 is 11.8. The van der Waals surface area contributed by atoms with Gasteiger partial charge in [0.25, 0.3) is 0 Å². The van der Waals surface area contributed by atoms with Crippen LogP contribution >= 0.6 is 34.2 Å². The molecule has 0 radical (unpaired) electrons. The molecule has 0 fully saturated rings. The molecule has 2 N–H and O–H groups in total. The lowest BCUT2D eigenvalue weighted by molar-refractivity contribution is 0.00749. The molecule has 1 rings (SSSR count). The summed E-state index contributed by atoms with van der Waals surface area (Å²) >= 11 is 8.10. The highest BCUT2D eigenvalue weighted by atomic mass is 127. The van der Waals surface area contributed by atoms with E-state index in [0.717, 1.165) is 28.7 Å². The molecule has 0 heterocycles. The number of halogens is 2. The Morgan fingerprint density at radius 3 is 2.76 bits per heavy atom. The summed E-state index contributed by atoms with van der Waals surface area (Å²) in [7, 11) is 0. The molecule has 120 valence electrons. The Kier molecular flexibility index (Phi) is 10.4. The topological polar surface area (TPSA) is 50.7 Å². The van der Waals surface area contributed by atoms with Crippen LogP contribution in [0.15, 0.2) is 18.2 Å². The minimum atomic E-state index is -0.549. The predicted molar refractivity (Wildman–Crippen MR) is 95.2 cm³/mol. The Hall–Kier alpha value is -0.0800. The lowest BCUT2D eigenvalue weighted by Gasteiger charge is -2.14. The van der Waals surface area contributed by atoms with Gasteiger partial charge in [-0.25, -0.2) is 0 Å². The van der Waals surface area contributed by atoms with Gasteiger partial charge in [0.05, 0.1) is 25.9 Å². The number of benzene rings is 1. The van der Waals surface area contributed by atoms with E-state index in [9.17, 15) is 5.11 Å². The maximum atomic E-state index is 9.84. The number of hydrogen-bond acceptors (Lipinski definition) is 4. The summed E-state index contributed by atoms with van der Waals surface area (Å²) in [5, 5.41) is 13.7. The number of hydrogen-bond donors (Lipinski definition) is 2. The Balaban J connectivity index is 2.09. The molecule has 0 saturated carbocycles. The third kappa shape index (κ3) is 8.83. The zero-order valence-electron chi connectivity index (χ0n) is 12.3. The number of aliphatic hydroxyl groups excluding tert-OH is 1. The fourth-order valence-electron chi connectivity index (χ4n) is 1.61. The van der Waals surface area contributed by atoms with Crippen molar-refractivity contribution in [1.29, 1.82) is 0 Å². The largest absolute Gasteiger partial charge is 0.389 e. The standard InChI is InChI=1S/C15H23ClINO3/c1-2-3-6-20-7-8-21-11-13(19)10-18-15-5-4-12(16)9-14(15)17/h4-5,9,13,18-19H,2-3,6-8,10-11H2,1H3. The highest BCUT2D eigenvalue weighted by molar-refractivity contribution is 14.1. The summed E-state index contributed by atoms with van der Waals surface area (Å²) in [6.45, 7) is 4.74. The number of nitrogens with one attached hydrogen (secondary N) is 1. The number of ether oxygens (including phenoxy) is 2. The molecule has 0 amide bonds. The van der Waals surface area contributed by atoms with Gasteiger partial charge in [0.2, 0.25) is 0 Å². The van der Waals surface area contributed by atoms with E-state index in [2.05, 4.69) is 34.8 Å². The zero-order chi connectivity index (χ0) is 15.5. The summed E-state index contributed by atoms with van der Waals surface area (Å²) in [5.41, 5.74) is 0.960. The Labute approximate surface area is 145 Å². The van der Waals surface area contributed by atoms with Crippen LogP contribution in [-0.2, 0) is 9.47 Å². The number of anilines is 1. The van der Waals surface area contributed by atoms with Gasteiger partial charge in [-0.1, -0.05) is 24.9 Å². The molecule has 4 nitrogen and oxygen atoms in total. The molecule has 0 spiro atoms. The van der Waals surface area contributed by atoms with Crippen molar-refractivity contribution in [3.8, 4) is 0 Å². The molecule has 1 aromatic rings. The average Bonchev–Trinajstić information content (AvgIpc) is 2.45. The van der Waals surface area contributed by atoms with E-state index < -0.39 is 6.10 Å². The first-order chi connectivity index (χ1) is 10.1. The normalized spacial score (nSPS) is 12.4. The Bertz CT molecular complexity index is 407. The van der Waals surface area contributed by atoms with Crippen molar-refractivity contribution in [2.75, 3.05) is 38.3 Å². The first kappa shape index (κ1) is 19.0. The van der Waals surface area contributed by atoms with Gasteiger partial charge in [0.15, 0.2) is 0 Å². The fourth-order valence-corrected chi connectivity index (χ4v) is 2.67. The van der Waals surface area contributed by atoms with E-state index in [0.29, 0.717) is 31.4 Å². The monoisotopic (exact) mass is 427 g/mol. The molecular weight excluding hydrogens is 405 g/mol. The van der Waals surface area contributed by atoms with Gasteiger partial charge in [-0.2, -0.15) is 0 Å². The molecule has 1 unspecified atom stereocenters. The predicted octanol–water partition coefficient (Wildman–Crippen LogP) is 3.55. The molecule has 0 saturated heterocycles. The summed E-state index contributed by atoms with van der Waals surface area (Å²) in [6.07, 6.45) is 1.66. The lowest BCUT2D eigenvalue weighted by Crippen LogP contribution is -2.26. The van der Waals surface area contributed by atoms with Crippen LogP contribution in [0.1, 0.15) is 19.8 Å². The van der Waals surface area contributed by atoms with Gasteiger partial charge in [0.1, 0.15) is 0 Å². The number of aliphatic hydroxyl groups is 1. The van der Waals surface area contributed by atoms with Crippen molar-refractivity contribution in [3.63, 3.8) is 0 Å². The van der Waals surface area contributed by atoms with Crippen LogP contribution in [-0.4, -0.2) is 44.2 Å². The quantitative estimate of drug-likeness (QED) is 0.419. The smallest absolute Gasteiger partial charge is 0.0945 e. The van der Waals surface area contributed by atoms with E-state index in [-0.39, 0.29) is 0 Å². The van der Waals surface area contributed by atoms with Gasteiger partial charge in [-0.3, -0.25) is 0 Å². The highest BCUT2D eigenvalue weighted by Crippen LogP contribution is 2.22. The lowest BCUT2D eigenvalue weighted by atomic mass is 10.3. The van der Waals surface area contributed by atoms with Crippen molar-refractivity contribution in [1.82, 2.24) is 0 Å². The van der Waals surface area contributed by atoms with Crippen molar-refractivity contribution >= 4 is 39.9 Å². The van der Waals surface area contributed by atoms with Gasteiger partial charge in [-0.15, -0.1) is 0 Å². The van der Waals surface area contributed by atoms with Crippen LogP contribution in [0.2, 0.25) is 5.02 Å². The Morgan fingerprint density at radius 2 is 2.05 bits per heavy atom. The molecule has 0 aliphatic rings. The molecular formula is C15H23ClINO3. The molecule has 0 aliphatic carbocycles. The van der Waals surface area contributed by atoms with E-state index in [1.807, 2.05) is 18.2 Å². The minimum absolute atomic E-state index is 0.300. The maximum absolute atomic E-state index is 9.84. The summed E-state index contributed by atoms with van der Waals surface area (Å²) in [4.78, 5) is 0. The first-order valence-electron chi connectivity index (χ1n) is 7.16. The molecule has 0 aliphatic heterocycles. The third-order valence-corrected chi connectivity index (χ3v) is 3.91. The fraction of sp³-hybridized carbons (Fsp3) is 0.600. The van der Waals surface area contributed by atoms with E-state index in [1.54, 1.807) is 0 Å². The highest BCUT2D eigenvalue weighted by Gasteiger charge is 2.06. The molecule has 0 aromatic heterocycles. The van der Waals surface area contributed by atoms with E-state index in [1.165, 1.54) is 0 Å². The van der Waals surface area contributed by atoms with E-state index in [4.69, 9.17) is 21.1 Å². The second-order valence-electron chi connectivity index (χ2n) is 4.70. The number of unbranched alkanes of at least 4 members (excludes halogenated alkanes) is 1. The van der Waals surface area contributed by atoms with Crippen molar-refractivity contribution in [2.45, 2.75) is 25.9 Å². The van der Waals surface area contributed by atoms with Crippen molar-refractivity contribution < 1.29 is 14.6 Å².